The molecule has 0 amide bonds. The van der Waals surface area contributed by atoms with Crippen LogP contribution in [0.15, 0.2) is 60.7 Å². The lowest BCUT2D eigenvalue weighted by molar-refractivity contribution is -0.274. The second-order valence-corrected chi connectivity index (χ2v) is 7.22. The third-order valence-corrected chi connectivity index (χ3v) is 5.11. The first-order chi connectivity index (χ1) is 15.2. The summed E-state index contributed by atoms with van der Waals surface area (Å²) in [5.41, 5.74) is 1.42. The van der Waals surface area contributed by atoms with Crippen molar-refractivity contribution in [2.45, 2.75) is 19.1 Å². The second-order valence-electron chi connectivity index (χ2n) is 7.22. The Morgan fingerprint density at radius 3 is 2.28 bits per heavy atom. The zero-order valence-corrected chi connectivity index (χ0v) is 16.6. The first-order valence-electron chi connectivity index (χ1n) is 9.69. The number of halogens is 5. The maximum Gasteiger partial charge on any atom is 0.573 e. The van der Waals surface area contributed by atoms with Crippen molar-refractivity contribution in [2.24, 2.45) is 0 Å². The summed E-state index contributed by atoms with van der Waals surface area (Å²) < 4.78 is 74.8. The minimum absolute atomic E-state index is 0.161. The first-order valence-corrected chi connectivity index (χ1v) is 9.69. The number of fused-ring (bicyclic) bond motifs is 1. The number of rotatable bonds is 4. The molecule has 4 nitrogen and oxygen atoms in total. The van der Waals surface area contributed by atoms with Crippen molar-refractivity contribution in [3.05, 3.63) is 83.4 Å². The Hall–Kier alpha value is -3.17. The summed E-state index contributed by atoms with van der Waals surface area (Å²) >= 11 is 0. The van der Waals surface area contributed by atoms with Crippen LogP contribution >= 0.6 is 0 Å². The van der Waals surface area contributed by atoms with Crippen LogP contribution in [0.4, 0.5) is 22.0 Å². The van der Waals surface area contributed by atoms with E-state index in [4.69, 9.17) is 4.74 Å². The minimum atomic E-state index is -4.78. The Morgan fingerprint density at radius 1 is 0.969 bits per heavy atom. The van der Waals surface area contributed by atoms with Crippen LogP contribution in [-0.4, -0.2) is 29.5 Å². The number of alkyl halides is 3. The van der Waals surface area contributed by atoms with E-state index in [1.165, 1.54) is 35.2 Å². The zero-order valence-electron chi connectivity index (χ0n) is 16.6. The van der Waals surface area contributed by atoms with Crippen LogP contribution < -0.4 is 9.47 Å². The summed E-state index contributed by atoms with van der Waals surface area (Å²) in [5, 5.41) is 10.9. The molecule has 32 heavy (non-hydrogen) atoms. The van der Waals surface area contributed by atoms with Gasteiger partial charge in [0.2, 0.25) is 0 Å². The molecule has 0 aliphatic carbocycles. The molecule has 9 heteroatoms. The maximum atomic E-state index is 14.1. The van der Waals surface area contributed by atoms with E-state index >= 15 is 0 Å². The van der Waals surface area contributed by atoms with Gasteiger partial charge in [0.05, 0.1) is 0 Å². The highest BCUT2D eigenvalue weighted by atomic mass is 19.4. The SMILES string of the molecule is OC1c2cc(-c3ccc(OC(F)(F)F)cc3)ccc2OCCN1Cc1c(F)cccc1F. The lowest BCUT2D eigenvalue weighted by Crippen LogP contribution is -2.30. The van der Waals surface area contributed by atoms with Crippen molar-refractivity contribution in [1.29, 1.82) is 0 Å². The number of benzene rings is 3. The average Bonchev–Trinajstić information content (AvgIpc) is 2.89. The lowest BCUT2D eigenvalue weighted by atomic mass is 10.0. The largest absolute Gasteiger partial charge is 0.573 e. The molecule has 1 N–H and O–H groups in total. The third kappa shape index (κ3) is 4.84. The molecule has 3 aromatic carbocycles. The van der Waals surface area contributed by atoms with Crippen LogP contribution in [0, 0.1) is 11.6 Å². The second kappa shape index (κ2) is 8.76. The number of nitrogens with zero attached hydrogens (tertiary/aromatic N) is 1. The van der Waals surface area contributed by atoms with Crippen molar-refractivity contribution in [2.75, 3.05) is 13.2 Å². The summed E-state index contributed by atoms with van der Waals surface area (Å²) in [6.45, 7) is 0.252. The molecule has 168 valence electrons. The number of aliphatic hydroxyl groups excluding tert-OH is 1. The standard InChI is InChI=1S/C23H18F5NO3/c24-19-2-1-3-20(25)18(19)13-29-10-11-31-21-9-6-15(12-17(21)22(29)30)14-4-7-16(8-5-14)32-23(26,27)28/h1-9,12,22,30H,10-11,13H2. The van der Waals surface area contributed by atoms with Gasteiger partial charge in [-0.3, -0.25) is 4.90 Å². The Bertz CT molecular complexity index is 1080. The van der Waals surface area contributed by atoms with Crippen LogP contribution in [0.5, 0.6) is 11.5 Å². The van der Waals surface area contributed by atoms with E-state index in [0.29, 0.717) is 22.4 Å². The molecular weight excluding hydrogens is 433 g/mol. The topological polar surface area (TPSA) is 41.9 Å². The summed E-state index contributed by atoms with van der Waals surface area (Å²) in [6.07, 6.45) is -5.99. The van der Waals surface area contributed by atoms with Gasteiger partial charge in [0.25, 0.3) is 0 Å². The fourth-order valence-corrected chi connectivity index (χ4v) is 3.55. The normalized spacial score (nSPS) is 16.8. The summed E-state index contributed by atoms with van der Waals surface area (Å²) in [5.74, 6) is -1.36. The number of ether oxygens (including phenoxy) is 2. The predicted molar refractivity (Wildman–Crippen MR) is 106 cm³/mol. The monoisotopic (exact) mass is 451 g/mol. The summed E-state index contributed by atoms with van der Waals surface area (Å²) in [4.78, 5) is 1.48. The Balaban J connectivity index is 1.60. The third-order valence-electron chi connectivity index (χ3n) is 5.11. The van der Waals surface area contributed by atoms with E-state index in [9.17, 15) is 27.1 Å². The van der Waals surface area contributed by atoms with Crippen LogP contribution in [0.25, 0.3) is 11.1 Å². The number of hydrogen-bond acceptors (Lipinski definition) is 4. The van der Waals surface area contributed by atoms with E-state index in [2.05, 4.69) is 4.74 Å². The molecule has 1 aliphatic rings. The van der Waals surface area contributed by atoms with Gasteiger partial charge in [-0.1, -0.05) is 24.3 Å². The van der Waals surface area contributed by atoms with Crippen LogP contribution in [0.2, 0.25) is 0 Å². The smallest absolute Gasteiger partial charge is 0.492 e. The van der Waals surface area contributed by atoms with Gasteiger partial charge in [0.15, 0.2) is 0 Å². The van der Waals surface area contributed by atoms with Crippen molar-refractivity contribution >= 4 is 0 Å². The number of hydrogen-bond donors (Lipinski definition) is 1. The summed E-state index contributed by atoms with van der Waals surface area (Å²) in [6, 6.07) is 13.8. The Kier molecular flexibility index (Phi) is 6.03. The van der Waals surface area contributed by atoms with E-state index in [-0.39, 0.29) is 31.0 Å². The fourth-order valence-electron chi connectivity index (χ4n) is 3.55. The van der Waals surface area contributed by atoms with Crippen molar-refractivity contribution in [3.63, 3.8) is 0 Å². The van der Waals surface area contributed by atoms with Crippen molar-refractivity contribution in [1.82, 2.24) is 4.90 Å². The molecule has 0 spiro atoms. The zero-order chi connectivity index (χ0) is 22.9. The molecule has 0 bridgehead atoms. The molecule has 4 rings (SSSR count). The lowest BCUT2D eigenvalue weighted by Gasteiger charge is -2.26. The van der Waals surface area contributed by atoms with Crippen molar-refractivity contribution in [3.8, 4) is 22.6 Å². The maximum absolute atomic E-state index is 14.1. The Morgan fingerprint density at radius 2 is 1.62 bits per heavy atom. The molecule has 3 aromatic rings. The average molecular weight is 451 g/mol. The molecule has 1 atom stereocenters. The van der Waals surface area contributed by atoms with Gasteiger partial charge in [0.1, 0.15) is 36.0 Å². The van der Waals surface area contributed by atoms with Crippen LogP contribution in [-0.2, 0) is 6.54 Å². The highest BCUT2D eigenvalue weighted by Gasteiger charge is 2.31. The quantitative estimate of drug-likeness (QED) is 0.539. The van der Waals surface area contributed by atoms with E-state index in [0.717, 1.165) is 12.1 Å². The molecule has 0 fully saturated rings. The van der Waals surface area contributed by atoms with Gasteiger partial charge in [-0.2, -0.15) is 0 Å². The molecular formula is C23H18F5NO3. The Labute approximate surface area is 180 Å². The van der Waals surface area contributed by atoms with Gasteiger partial charge in [-0.05, 0) is 47.5 Å². The van der Waals surface area contributed by atoms with Gasteiger partial charge in [-0.25, -0.2) is 8.78 Å². The molecule has 0 saturated carbocycles. The molecule has 0 aromatic heterocycles. The molecule has 1 unspecified atom stereocenters. The number of aliphatic hydroxyl groups is 1. The van der Waals surface area contributed by atoms with Crippen LogP contribution in [0.3, 0.4) is 0 Å². The molecule has 0 radical (unpaired) electrons. The molecule has 1 aliphatic heterocycles. The fraction of sp³-hybridized carbons (Fsp3) is 0.217. The van der Waals surface area contributed by atoms with E-state index in [1.807, 2.05) is 0 Å². The van der Waals surface area contributed by atoms with Crippen molar-refractivity contribution < 1.29 is 36.5 Å². The van der Waals surface area contributed by atoms with Gasteiger partial charge in [0, 0.05) is 24.2 Å². The van der Waals surface area contributed by atoms with E-state index < -0.39 is 24.2 Å². The predicted octanol–water partition coefficient (Wildman–Crippen LogP) is 5.42. The van der Waals surface area contributed by atoms with Crippen LogP contribution in [0.1, 0.15) is 17.4 Å². The van der Waals surface area contributed by atoms with Gasteiger partial charge in [-0.15, -0.1) is 13.2 Å². The summed E-state index contributed by atoms with van der Waals surface area (Å²) in [7, 11) is 0. The highest BCUT2D eigenvalue weighted by molar-refractivity contribution is 5.66. The minimum Gasteiger partial charge on any atom is -0.492 e. The van der Waals surface area contributed by atoms with Gasteiger partial charge >= 0.3 is 6.36 Å². The first kappa shape index (κ1) is 22.0. The van der Waals surface area contributed by atoms with Gasteiger partial charge < -0.3 is 14.6 Å². The molecule has 0 saturated heterocycles. The highest BCUT2D eigenvalue weighted by Crippen LogP contribution is 2.36. The molecule has 1 heterocycles. The van der Waals surface area contributed by atoms with E-state index in [1.54, 1.807) is 18.2 Å².